The van der Waals surface area contributed by atoms with Gasteiger partial charge in [0.1, 0.15) is 18.0 Å². The van der Waals surface area contributed by atoms with Gasteiger partial charge in [0.15, 0.2) is 5.96 Å². The van der Waals surface area contributed by atoms with Crippen LogP contribution in [0, 0.1) is 5.82 Å². The molecule has 5 nitrogen and oxygen atoms in total. The Morgan fingerprint density at radius 2 is 1.88 bits per heavy atom. The number of aliphatic imine (C=N–C) groups is 1. The molecule has 0 radical (unpaired) electrons. The molecule has 1 aromatic carbocycles. The highest BCUT2D eigenvalue weighted by Gasteiger charge is 2.16. The van der Waals surface area contributed by atoms with Crippen molar-refractivity contribution in [2.24, 2.45) is 4.99 Å². The van der Waals surface area contributed by atoms with Crippen LogP contribution in [0.1, 0.15) is 27.2 Å². The van der Waals surface area contributed by atoms with Gasteiger partial charge in [0.05, 0.1) is 0 Å². The smallest absolute Gasteiger partial charge is 0.325 e. The Kier molecular flexibility index (Phi) is 11.8. The van der Waals surface area contributed by atoms with Crippen LogP contribution in [0.5, 0.6) is 0 Å². The first kappa shape index (κ1) is 24.0. The topological polar surface area (TPSA) is 62.7 Å². The second kappa shape index (κ2) is 12.3. The highest BCUT2D eigenvalue weighted by molar-refractivity contribution is 14.0. The Labute approximate surface area is 170 Å². The summed E-state index contributed by atoms with van der Waals surface area (Å²) in [4.78, 5) is 16.7. The van der Waals surface area contributed by atoms with Crippen molar-refractivity contribution in [2.45, 2.75) is 37.7 Å². The molecule has 142 valence electrons. The Bertz CT molecular complexity index is 548. The first-order valence-electron chi connectivity index (χ1n) is 7.85. The zero-order valence-corrected chi connectivity index (χ0v) is 18.2. The molecule has 0 unspecified atom stereocenters. The molecular weight excluding hydrogens is 456 g/mol. The number of guanidine groups is 1. The standard InChI is InChI=1S/C17H26FN3O2S.HI/c1-17(2,3)23-15(22)12-21-16(19-4)20-10-5-11-24-14-8-6-13(18)7-9-14;/h6-9H,5,10-12H2,1-4H3,(H2,19,20,21);1H. The van der Waals surface area contributed by atoms with E-state index in [1.807, 2.05) is 20.8 Å². The van der Waals surface area contributed by atoms with E-state index in [0.29, 0.717) is 5.96 Å². The molecule has 25 heavy (non-hydrogen) atoms. The molecular formula is C17H27FIN3O2S. The number of benzene rings is 1. The molecule has 0 aliphatic rings. The molecule has 0 spiro atoms. The number of hydrogen-bond donors (Lipinski definition) is 2. The summed E-state index contributed by atoms with van der Waals surface area (Å²) < 4.78 is 18.0. The summed E-state index contributed by atoms with van der Waals surface area (Å²) in [7, 11) is 1.65. The Balaban J connectivity index is 0.00000576. The van der Waals surface area contributed by atoms with Gasteiger partial charge in [-0.25, -0.2) is 4.39 Å². The lowest BCUT2D eigenvalue weighted by Crippen LogP contribution is -2.42. The largest absolute Gasteiger partial charge is 0.459 e. The van der Waals surface area contributed by atoms with Crippen LogP contribution in [-0.4, -0.2) is 43.4 Å². The quantitative estimate of drug-likeness (QED) is 0.155. The van der Waals surface area contributed by atoms with Gasteiger partial charge in [-0.05, 0) is 57.2 Å². The minimum Gasteiger partial charge on any atom is -0.459 e. The molecule has 0 aliphatic carbocycles. The highest BCUT2D eigenvalue weighted by atomic mass is 127. The fourth-order valence-corrected chi connectivity index (χ4v) is 2.61. The number of carbonyl (C=O) groups is 1. The summed E-state index contributed by atoms with van der Waals surface area (Å²) in [6.07, 6.45) is 0.912. The lowest BCUT2D eigenvalue weighted by Gasteiger charge is -2.20. The normalized spacial score (nSPS) is 11.5. The second-order valence-corrected chi connectivity index (χ2v) is 7.26. The van der Waals surface area contributed by atoms with Crippen molar-refractivity contribution in [3.63, 3.8) is 0 Å². The zero-order valence-electron chi connectivity index (χ0n) is 15.1. The molecule has 0 saturated heterocycles. The molecule has 0 saturated carbocycles. The third kappa shape index (κ3) is 12.0. The van der Waals surface area contributed by atoms with Crippen LogP contribution in [0.25, 0.3) is 0 Å². The Hall–Kier alpha value is -1.03. The maximum Gasteiger partial charge on any atom is 0.325 e. The van der Waals surface area contributed by atoms with E-state index < -0.39 is 5.60 Å². The lowest BCUT2D eigenvalue weighted by molar-refractivity contribution is -0.153. The van der Waals surface area contributed by atoms with E-state index in [2.05, 4.69) is 15.6 Å². The fourth-order valence-electron chi connectivity index (χ4n) is 1.75. The van der Waals surface area contributed by atoms with E-state index in [9.17, 15) is 9.18 Å². The summed E-state index contributed by atoms with van der Waals surface area (Å²) in [5.41, 5.74) is -0.493. The number of hydrogen-bond acceptors (Lipinski definition) is 4. The molecule has 0 heterocycles. The molecule has 0 atom stereocenters. The molecule has 1 rings (SSSR count). The molecule has 0 aliphatic heterocycles. The summed E-state index contributed by atoms with van der Waals surface area (Å²) in [6, 6.07) is 6.47. The molecule has 0 aromatic heterocycles. The first-order chi connectivity index (χ1) is 11.3. The minimum absolute atomic E-state index is 0. The average Bonchev–Trinajstić information content (AvgIpc) is 2.50. The zero-order chi connectivity index (χ0) is 18.0. The highest BCUT2D eigenvalue weighted by Crippen LogP contribution is 2.18. The number of halogens is 2. The van der Waals surface area contributed by atoms with E-state index in [0.717, 1.165) is 23.6 Å². The fraction of sp³-hybridized carbons (Fsp3) is 0.529. The number of rotatable bonds is 7. The monoisotopic (exact) mass is 483 g/mol. The number of carbonyl (C=O) groups excluding carboxylic acids is 1. The minimum atomic E-state index is -0.493. The van der Waals surface area contributed by atoms with Crippen LogP contribution in [0.15, 0.2) is 34.2 Å². The van der Waals surface area contributed by atoms with E-state index in [1.54, 1.807) is 30.9 Å². The van der Waals surface area contributed by atoms with Gasteiger partial charge in [0.25, 0.3) is 0 Å². The number of thioether (sulfide) groups is 1. The van der Waals surface area contributed by atoms with Gasteiger partial charge < -0.3 is 15.4 Å². The van der Waals surface area contributed by atoms with Crippen molar-refractivity contribution in [2.75, 3.05) is 25.9 Å². The van der Waals surface area contributed by atoms with Crippen molar-refractivity contribution in [1.29, 1.82) is 0 Å². The molecule has 0 amide bonds. The predicted octanol–water partition coefficient (Wildman–Crippen LogP) is 3.43. The molecule has 0 fully saturated rings. The van der Waals surface area contributed by atoms with Crippen LogP contribution in [0.4, 0.5) is 4.39 Å². The summed E-state index contributed by atoms with van der Waals surface area (Å²) >= 11 is 1.67. The van der Waals surface area contributed by atoms with Gasteiger partial charge in [-0.1, -0.05) is 0 Å². The SMILES string of the molecule is CN=C(NCCCSc1ccc(F)cc1)NCC(=O)OC(C)(C)C.I. The van der Waals surface area contributed by atoms with E-state index in [1.165, 1.54) is 12.1 Å². The average molecular weight is 483 g/mol. The van der Waals surface area contributed by atoms with Gasteiger partial charge in [0.2, 0.25) is 0 Å². The lowest BCUT2D eigenvalue weighted by atomic mass is 10.2. The van der Waals surface area contributed by atoms with Crippen LogP contribution < -0.4 is 10.6 Å². The van der Waals surface area contributed by atoms with Crippen LogP contribution in [0.2, 0.25) is 0 Å². The third-order valence-electron chi connectivity index (χ3n) is 2.74. The summed E-state index contributed by atoms with van der Waals surface area (Å²) in [5, 5.41) is 6.06. The molecule has 2 N–H and O–H groups in total. The van der Waals surface area contributed by atoms with Crippen molar-refractivity contribution >= 4 is 47.7 Å². The first-order valence-corrected chi connectivity index (χ1v) is 8.83. The van der Waals surface area contributed by atoms with Crippen molar-refractivity contribution in [1.82, 2.24) is 10.6 Å². The number of ether oxygens (including phenoxy) is 1. The maximum absolute atomic E-state index is 12.8. The second-order valence-electron chi connectivity index (χ2n) is 6.09. The predicted molar refractivity (Wildman–Crippen MR) is 112 cm³/mol. The number of esters is 1. The maximum atomic E-state index is 12.8. The number of nitrogens with zero attached hydrogens (tertiary/aromatic N) is 1. The van der Waals surface area contributed by atoms with Gasteiger partial charge in [0, 0.05) is 18.5 Å². The number of nitrogens with one attached hydrogen (secondary N) is 2. The van der Waals surface area contributed by atoms with Crippen LogP contribution in [-0.2, 0) is 9.53 Å². The van der Waals surface area contributed by atoms with Gasteiger partial charge >= 0.3 is 5.97 Å². The van der Waals surface area contributed by atoms with Crippen molar-refractivity contribution in [3.8, 4) is 0 Å². The van der Waals surface area contributed by atoms with E-state index in [4.69, 9.17) is 4.74 Å². The van der Waals surface area contributed by atoms with Gasteiger partial charge in [-0.2, -0.15) is 0 Å². The van der Waals surface area contributed by atoms with Crippen LogP contribution in [0.3, 0.4) is 0 Å². The summed E-state index contributed by atoms with van der Waals surface area (Å²) in [5.74, 6) is 0.924. The molecule has 8 heteroatoms. The third-order valence-corrected chi connectivity index (χ3v) is 3.84. The summed E-state index contributed by atoms with van der Waals surface area (Å²) in [6.45, 7) is 6.29. The van der Waals surface area contributed by atoms with Crippen LogP contribution >= 0.6 is 35.7 Å². The Morgan fingerprint density at radius 1 is 1.24 bits per heavy atom. The van der Waals surface area contributed by atoms with Crippen molar-refractivity contribution in [3.05, 3.63) is 30.1 Å². The van der Waals surface area contributed by atoms with E-state index in [-0.39, 0.29) is 42.3 Å². The van der Waals surface area contributed by atoms with E-state index >= 15 is 0 Å². The van der Waals surface area contributed by atoms with Gasteiger partial charge in [-0.3, -0.25) is 9.79 Å². The van der Waals surface area contributed by atoms with Crippen molar-refractivity contribution < 1.29 is 13.9 Å². The molecule has 1 aromatic rings. The van der Waals surface area contributed by atoms with Gasteiger partial charge in [-0.15, -0.1) is 35.7 Å². The Morgan fingerprint density at radius 3 is 2.44 bits per heavy atom. The molecule has 0 bridgehead atoms.